The van der Waals surface area contributed by atoms with Gasteiger partial charge < -0.3 is 19.7 Å². The Hall–Kier alpha value is -4.26. The maximum atomic E-state index is 13.5. The standard InChI is InChI=1S/C33H32F3NO5/c1-23-20-29(11-12-31(23)42-22-32(39)40)41-19-15-30(26-5-2-6-27(21-26)33(34,35)36)25-9-7-24(8-10-25)4-3-16-37-17-13-28(38)14-18-37/h2,5-12,15,20-21,28,38H,13-14,16-19,22H2,1H3,(H,39,40). The molecule has 1 saturated heterocycles. The maximum Gasteiger partial charge on any atom is 0.416 e. The fourth-order valence-electron chi connectivity index (χ4n) is 4.56. The van der Waals surface area contributed by atoms with Gasteiger partial charge in [0.25, 0.3) is 0 Å². The van der Waals surface area contributed by atoms with Crippen LogP contribution in [0.25, 0.3) is 5.57 Å². The Bertz CT molecular complexity index is 1460. The van der Waals surface area contributed by atoms with Gasteiger partial charge in [-0.05, 0) is 90.6 Å². The molecule has 6 nitrogen and oxygen atoms in total. The number of ether oxygens (including phenoxy) is 2. The third-order valence-corrected chi connectivity index (χ3v) is 6.82. The van der Waals surface area contributed by atoms with E-state index in [1.807, 2.05) is 24.3 Å². The van der Waals surface area contributed by atoms with Gasteiger partial charge in [-0.25, -0.2) is 4.79 Å². The molecule has 1 heterocycles. The second-order valence-electron chi connectivity index (χ2n) is 10.0. The van der Waals surface area contributed by atoms with Crippen molar-refractivity contribution in [2.45, 2.75) is 32.0 Å². The minimum absolute atomic E-state index is 0.0758. The Balaban J connectivity index is 1.52. The molecule has 0 aliphatic carbocycles. The molecule has 42 heavy (non-hydrogen) atoms. The highest BCUT2D eigenvalue weighted by Crippen LogP contribution is 2.33. The van der Waals surface area contributed by atoms with Crippen molar-refractivity contribution < 1.29 is 37.7 Å². The largest absolute Gasteiger partial charge is 0.489 e. The number of piperidine rings is 1. The van der Waals surface area contributed by atoms with Crippen LogP contribution in [0.2, 0.25) is 0 Å². The number of aliphatic hydroxyl groups excluding tert-OH is 1. The van der Waals surface area contributed by atoms with E-state index in [1.165, 1.54) is 6.07 Å². The average Bonchev–Trinajstić information content (AvgIpc) is 2.96. The van der Waals surface area contributed by atoms with Crippen molar-refractivity contribution in [2.75, 3.05) is 32.8 Å². The first kappa shape index (κ1) is 30.7. The molecule has 9 heteroatoms. The molecule has 1 aliphatic rings. The molecule has 220 valence electrons. The highest BCUT2D eigenvalue weighted by molar-refractivity contribution is 5.80. The van der Waals surface area contributed by atoms with Crippen LogP contribution in [0.3, 0.4) is 0 Å². The summed E-state index contributed by atoms with van der Waals surface area (Å²) in [6.07, 6.45) is -1.49. The number of halogens is 3. The van der Waals surface area contributed by atoms with E-state index in [1.54, 1.807) is 37.3 Å². The quantitative estimate of drug-likeness (QED) is 0.312. The summed E-state index contributed by atoms with van der Waals surface area (Å²) in [5, 5.41) is 18.5. The summed E-state index contributed by atoms with van der Waals surface area (Å²) in [4.78, 5) is 13.0. The van der Waals surface area contributed by atoms with Crippen LogP contribution in [0.1, 0.15) is 40.7 Å². The van der Waals surface area contributed by atoms with E-state index in [4.69, 9.17) is 14.6 Å². The summed E-state index contributed by atoms with van der Waals surface area (Å²) in [5.74, 6) is 6.14. The van der Waals surface area contributed by atoms with Crippen LogP contribution < -0.4 is 9.47 Å². The van der Waals surface area contributed by atoms with Gasteiger partial charge in [0.05, 0.1) is 18.2 Å². The number of aryl methyl sites for hydroxylation is 1. The fraction of sp³-hybridized carbons (Fsp3) is 0.303. The van der Waals surface area contributed by atoms with Crippen LogP contribution in [0, 0.1) is 18.8 Å². The zero-order chi connectivity index (χ0) is 30.1. The van der Waals surface area contributed by atoms with Gasteiger partial charge in [-0.2, -0.15) is 13.2 Å². The van der Waals surface area contributed by atoms with Crippen molar-refractivity contribution in [1.29, 1.82) is 0 Å². The van der Waals surface area contributed by atoms with Gasteiger partial charge in [-0.3, -0.25) is 4.90 Å². The first-order valence-corrected chi connectivity index (χ1v) is 13.5. The number of likely N-dealkylation sites (tertiary alicyclic amines) is 1. The zero-order valence-corrected chi connectivity index (χ0v) is 23.2. The van der Waals surface area contributed by atoms with Gasteiger partial charge in [0.2, 0.25) is 0 Å². The highest BCUT2D eigenvalue weighted by atomic mass is 19.4. The van der Waals surface area contributed by atoms with Crippen molar-refractivity contribution in [3.05, 3.63) is 101 Å². The molecule has 0 unspecified atom stereocenters. The van der Waals surface area contributed by atoms with E-state index in [-0.39, 0.29) is 12.7 Å². The number of alkyl halides is 3. The SMILES string of the molecule is Cc1cc(OCC=C(c2ccc(C#CCN3CCC(O)CC3)cc2)c2cccc(C(F)(F)F)c2)ccc1OCC(=O)O. The summed E-state index contributed by atoms with van der Waals surface area (Å²) in [5.41, 5.74) is 2.41. The third kappa shape index (κ3) is 8.87. The van der Waals surface area contributed by atoms with Gasteiger partial charge in [-0.15, -0.1) is 0 Å². The first-order chi connectivity index (χ1) is 20.1. The van der Waals surface area contributed by atoms with Crippen molar-refractivity contribution in [3.63, 3.8) is 0 Å². The van der Waals surface area contributed by atoms with E-state index in [2.05, 4.69) is 16.7 Å². The molecule has 0 saturated carbocycles. The smallest absolute Gasteiger partial charge is 0.416 e. The van der Waals surface area contributed by atoms with E-state index in [9.17, 15) is 23.1 Å². The average molecular weight is 580 g/mol. The summed E-state index contributed by atoms with van der Waals surface area (Å²) in [7, 11) is 0. The number of carboxylic acids is 1. The number of hydrogen-bond acceptors (Lipinski definition) is 5. The lowest BCUT2D eigenvalue weighted by molar-refractivity contribution is -0.139. The maximum absolute atomic E-state index is 13.5. The molecule has 4 rings (SSSR count). The molecule has 0 radical (unpaired) electrons. The van der Waals surface area contributed by atoms with Gasteiger partial charge in [0.15, 0.2) is 6.61 Å². The summed E-state index contributed by atoms with van der Waals surface area (Å²) in [6.45, 7) is 3.60. The Kier molecular flexibility index (Phi) is 10.3. The van der Waals surface area contributed by atoms with Crippen LogP contribution in [0.5, 0.6) is 11.5 Å². The molecule has 0 spiro atoms. The number of hydrogen-bond donors (Lipinski definition) is 2. The Morgan fingerprint density at radius 2 is 1.76 bits per heavy atom. The fourth-order valence-corrected chi connectivity index (χ4v) is 4.56. The summed E-state index contributed by atoms with van der Waals surface area (Å²) >= 11 is 0. The van der Waals surface area contributed by atoms with Crippen LogP contribution in [-0.4, -0.2) is 60.0 Å². The molecule has 2 N–H and O–H groups in total. The number of benzene rings is 3. The Morgan fingerprint density at radius 3 is 2.43 bits per heavy atom. The zero-order valence-electron chi connectivity index (χ0n) is 23.2. The number of nitrogens with zero attached hydrogens (tertiary/aromatic N) is 1. The molecule has 1 aliphatic heterocycles. The normalized spacial score (nSPS) is 14.6. The predicted octanol–water partition coefficient (Wildman–Crippen LogP) is 5.80. The Morgan fingerprint density at radius 1 is 1.02 bits per heavy atom. The van der Waals surface area contributed by atoms with Crippen LogP contribution in [0.15, 0.2) is 72.8 Å². The summed E-state index contributed by atoms with van der Waals surface area (Å²) in [6, 6.07) is 17.4. The van der Waals surface area contributed by atoms with Crippen molar-refractivity contribution >= 4 is 11.5 Å². The third-order valence-electron chi connectivity index (χ3n) is 6.82. The van der Waals surface area contributed by atoms with E-state index in [0.717, 1.165) is 43.6 Å². The lowest BCUT2D eigenvalue weighted by Crippen LogP contribution is -2.35. The lowest BCUT2D eigenvalue weighted by atomic mass is 9.95. The summed E-state index contributed by atoms with van der Waals surface area (Å²) < 4.78 is 51.6. The van der Waals surface area contributed by atoms with E-state index in [0.29, 0.717) is 40.3 Å². The Labute approximate surface area is 243 Å². The van der Waals surface area contributed by atoms with Crippen molar-refractivity contribution in [2.24, 2.45) is 0 Å². The van der Waals surface area contributed by atoms with Crippen LogP contribution >= 0.6 is 0 Å². The highest BCUT2D eigenvalue weighted by Gasteiger charge is 2.30. The minimum atomic E-state index is -4.48. The second-order valence-corrected chi connectivity index (χ2v) is 10.0. The molecule has 3 aromatic rings. The molecular weight excluding hydrogens is 547 g/mol. The molecule has 0 atom stereocenters. The van der Waals surface area contributed by atoms with Gasteiger partial charge in [-0.1, -0.05) is 36.1 Å². The van der Waals surface area contributed by atoms with Crippen LogP contribution in [0.4, 0.5) is 13.2 Å². The number of aliphatic hydroxyl groups is 1. The number of carbonyl (C=O) groups is 1. The van der Waals surface area contributed by atoms with Crippen molar-refractivity contribution in [3.8, 4) is 23.3 Å². The predicted molar refractivity (Wildman–Crippen MR) is 153 cm³/mol. The lowest BCUT2D eigenvalue weighted by Gasteiger charge is -2.27. The second kappa shape index (κ2) is 14.1. The minimum Gasteiger partial charge on any atom is -0.489 e. The molecule has 0 amide bonds. The molecule has 3 aromatic carbocycles. The molecule has 0 aromatic heterocycles. The van der Waals surface area contributed by atoms with E-state index >= 15 is 0 Å². The molecular formula is C33H32F3NO5. The van der Waals surface area contributed by atoms with Gasteiger partial charge in [0.1, 0.15) is 18.1 Å². The first-order valence-electron chi connectivity index (χ1n) is 13.5. The van der Waals surface area contributed by atoms with Gasteiger partial charge >= 0.3 is 12.1 Å². The van der Waals surface area contributed by atoms with Gasteiger partial charge in [0, 0.05) is 18.7 Å². The monoisotopic (exact) mass is 579 g/mol. The molecule has 1 fully saturated rings. The van der Waals surface area contributed by atoms with Crippen LogP contribution in [-0.2, 0) is 11.0 Å². The number of aliphatic carboxylic acids is 1. The number of carboxylic acid groups (broad SMARTS) is 1. The topological polar surface area (TPSA) is 79.2 Å². The number of rotatable bonds is 9. The molecule has 0 bridgehead atoms. The van der Waals surface area contributed by atoms with E-state index < -0.39 is 24.3 Å². The van der Waals surface area contributed by atoms with Crippen molar-refractivity contribution in [1.82, 2.24) is 4.90 Å².